The van der Waals surface area contributed by atoms with Crippen LogP contribution in [0.1, 0.15) is 31.2 Å². The molecular weight excluding hydrogens is 278 g/mol. The standard InChI is InChI=1S/C17H23N3O2/c18-9-11-4-3-5-12(8-11)20-17(22)16(21)19-10-15-13-6-1-2-7-14(13)15/h3-5,8,13-15H,1-2,6-7,9-10,18H2,(H,19,21)(H,20,22)/t13-,14+,15?. The minimum atomic E-state index is -0.613. The molecule has 4 N–H and O–H groups in total. The summed E-state index contributed by atoms with van der Waals surface area (Å²) < 4.78 is 0. The van der Waals surface area contributed by atoms with Gasteiger partial charge < -0.3 is 16.4 Å². The average molecular weight is 301 g/mol. The van der Waals surface area contributed by atoms with Crippen molar-refractivity contribution in [1.82, 2.24) is 5.32 Å². The summed E-state index contributed by atoms with van der Waals surface area (Å²) in [5.41, 5.74) is 7.08. The maximum absolute atomic E-state index is 11.9. The third kappa shape index (κ3) is 3.30. The van der Waals surface area contributed by atoms with Crippen LogP contribution in [0.15, 0.2) is 24.3 Å². The first-order valence-corrected chi connectivity index (χ1v) is 8.07. The number of anilines is 1. The van der Waals surface area contributed by atoms with Gasteiger partial charge >= 0.3 is 11.8 Å². The quantitative estimate of drug-likeness (QED) is 0.739. The van der Waals surface area contributed by atoms with E-state index >= 15 is 0 Å². The molecule has 0 bridgehead atoms. The molecular formula is C17H23N3O2. The van der Waals surface area contributed by atoms with Crippen LogP contribution in [0, 0.1) is 17.8 Å². The molecule has 0 radical (unpaired) electrons. The number of nitrogens with two attached hydrogens (primary N) is 1. The summed E-state index contributed by atoms with van der Waals surface area (Å²) in [6.45, 7) is 1.03. The highest BCUT2D eigenvalue weighted by atomic mass is 16.2. The highest BCUT2D eigenvalue weighted by Crippen LogP contribution is 2.54. The molecule has 3 rings (SSSR count). The maximum Gasteiger partial charge on any atom is 0.313 e. The molecule has 2 aliphatic rings. The number of nitrogens with one attached hydrogen (secondary N) is 2. The Hall–Kier alpha value is -1.88. The largest absolute Gasteiger partial charge is 0.348 e. The molecule has 0 aromatic heterocycles. The molecule has 22 heavy (non-hydrogen) atoms. The number of carbonyl (C=O) groups excluding carboxylic acids is 2. The van der Waals surface area contributed by atoms with Gasteiger partial charge in [-0.25, -0.2) is 0 Å². The van der Waals surface area contributed by atoms with E-state index in [9.17, 15) is 9.59 Å². The van der Waals surface area contributed by atoms with Gasteiger partial charge in [0.05, 0.1) is 0 Å². The summed E-state index contributed by atoms with van der Waals surface area (Å²) >= 11 is 0. The van der Waals surface area contributed by atoms with Crippen LogP contribution in [-0.2, 0) is 16.1 Å². The smallest absolute Gasteiger partial charge is 0.313 e. The summed E-state index contributed by atoms with van der Waals surface area (Å²) in [6.07, 6.45) is 5.18. The van der Waals surface area contributed by atoms with Gasteiger partial charge in [-0.15, -0.1) is 0 Å². The van der Waals surface area contributed by atoms with E-state index in [4.69, 9.17) is 5.73 Å². The lowest BCUT2D eigenvalue weighted by Gasteiger charge is -2.07. The predicted octanol–water partition coefficient (Wildman–Crippen LogP) is 1.64. The van der Waals surface area contributed by atoms with Crippen molar-refractivity contribution in [3.63, 3.8) is 0 Å². The molecule has 0 saturated heterocycles. The molecule has 2 amide bonds. The van der Waals surface area contributed by atoms with Crippen LogP contribution < -0.4 is 16.4 Å². The Bertz CT molecular complexity index is 561. The van der Waals surface area contributed by atoms with Crippen molar-refractivity contribution in [2.45, 2.75) is 32.2 Å². The normalized spacial score (nSPS) is 26.0. The number of benzene rings is 1. The molecule has 0 heterocycles. The van der Waals surface area contributed by atoms with Crippen molar-refractivity contribution >= 4 is 17.5 Å². The Balaban J connectivity index is 1.46. The molecule has 118 valence electrons. The fourth-order valence-corrected chi connectivity index (χ4v) is 3.70. The SMILES string of the molecule is NCc1cccc(NC(=O)C(=O)NCC2[C@H]3CCCC[C@@H]23)c1. The van der Waals surface area contributed by atoms with Gasteiger partial charge in [0, 0.05) is 18.8 Å². The second-order valence-corrected chi connectivity index (χ2v) is 6.34. The molecule has 0 spiro atoms. The van der Waals surface area contributed by atoms with E-state index in [-0.39, 0.29) is 0 Å². The van der Waals surface area contributed by atoms with Gasteiger partial charge in [-0.2, -0.15) is 0 Å². The Labute approximate surface area is 130 Å². The van der Waals surface area contributed by atoms with E-state index in [0.717, 1.165) is 17.4 Å². The van der Waals surface area contributed by atoms with Gasteiger partial charge in [0.25, 0.3) is 0 Å². The number of rotatable bonds is 4. The van der Waals surface area contributed by atoms with E-state index in [2.05, 4.69) is 10.6 Å². The molecule has 2 fully saturated rings. The van der Waals surface area contributed by atoms with Crippen LogP contribution >= 0.6 is 0 Å². The lowest BCUT2D eigenvalue weighted by Crippen LogP contribution is -2.36. The Morgan fingerprint density at radius 1 is 1.14 bits per heavy atom. The van der Waals surface area contributed by atoms with Gasteiger partial charge in [0.1, 0.15) is 0 Å². The van der Waals surface area contributed by atoms with Crippen LogP contribution in [0.25, 0.3) is 0 Å². The highest BCUT2D eigenvalue weighted by molar-refractivity contribution is 6.39. The van der Waals surface area contributed by atoms with Gasteiger partial charge in [0.15, 0.2) is 0 Å². The molecule has 1 aromatic rings. The van der Waals surface area contributed by atoms with Crippen LogP contribution in [0.3, 0.4) is 0 Å². The summed E-state index contributed by atoms with van der Waals surface area (Å²) in [7, 11) is 0. The number of hydrogen-bond donors (Lipinski definition) is 3. The van der Waals surface area contributed by atoms with Crippen molar-refractivity contribution in [2.24, 2.45) is 23.5 Å². The zero-order valence-corrected chi connectivity index (χ0v) is 12.7. The monoisotopic (exact) mass is 301 g/mol. The van der Waals surface area contributed by atoms with E-state index in [1.165, 1.54) is 25.7 Å². The van der Waals surface area contributed by atoms with Gasteiger partial charge in [-0.3, -0.25) is 9.59 Å². The van der Waals surface area contributed by atoms with E-state index < -0.39 is 11.8 Å². The molecule has 3 atom stereocenters. The van der Waals surface area contributed by atoms with Crippen molar-refractivity contribution in [3.05, 3.63) is 29.8 Å². The number of carbonyl (C=O) groups is 2. The van der Waals surface area contributed by atoms with Crippen LogP contribution in [0.2, 0.25) is 0 Å². The topological polar surface area (TPSA) is 84.2 Å². The van der Waals surface area contributed by atoms with Crippen molar-refractivity contribution < 1.29 is 9.59 Å². The second-order valence-electron chi connectivity index (χ2n) is 6.34. The third-order valence-corrected chi connectivity index (χ3v) is 4.96. The number of amides is 2. The van der Waals surface area contributed by atoms with Gasteiger partial charge in [-0.1, -0.05) is 25.0 Å². The Morgan fingerprint density at radius 2 is 1.86 bits per heavy atom. The van der Waals surface area contributed by atoms with Gasteiger partial charge in [0.2, 0.25) is 0 Å². The molecule has 2 saturated carbocycles. The zero-order chi connectivity index (χ0) is 15.5. The van der Waals surface area contributed by atoms with E-state index in [0.29, 0.717) is 24.7 Å². The van der Waals surface area contributed by atoms with E-state index in [1.807, 2.05) is 12.1 Å². The molecule has 5 heteroatoms. The fraction of sp³-hybridized carbons (Fsp3) is 0.529. The average Bonchev–Trinajstić information content (AvgIpc) is 3.26. The first-order valence-electron chi connectivity index (χ1n) is 8.07. The first-order chi connectivity index (χ1) is 10.7. The zero-order valence-electron chi connectivity index (χ0n) is 12.7. The van der Waals surface area contributed by atoms with Gasteiger partial charge in [-0.05, 0) is 48.3 Å². The Morgan fingerprint density at radius 3 is 2.55 bits per heavy atom. The molecule has 2 aliphatic carbocycles. The maximum atomic E-state index is 11.9. The number of fused-ring (bicyclic) bond motifs is 1. The molecule has 1 unspecified atom stereocenters. The summed E-state index contributed by atoms with van der Waals surface area (Å²) in [4.78, 5) is 23.8. The van der Waals surface area contributed by atoms with Crippen molar-refractivity contribution in [3.8, 4) is 0 Å². The minimum absolute atomic E-state index is 0.403. The van der Waals surface area contributed by atoms with Crippen molar-refractivity contribution in [2.75, 3.05) is 11.9 Å². The fourth-order valence-electron chi connectivity index (χ4n) is 3.70. The third-order valence-electron chi connectivity index (χ3n) is 4.96. The van der Waals surface area contributed by atoms with Crippen molar-refractivity contribution in [1.29, 1.82) is 0 Å². The lowest BCUT2D eigenvalue weighted by atomic mass is 10.0. The lowest BCUT2D eigenvalue weighted by molar-refractivity contribution is -0.136. The predicted molar refractivity (Wildman–Crippen MR) is 84.9 cm³/mol. The highest BCUT2D eigenvalue weighted by Gasteiger charge is 2.50. The van der Waals surface area contributed by atoms with E-state index in [1.54, 1.807) is 12.1 Å². The Kier molecular flexibility index (Phi) is 4.43. The summed E-state index contributed by atoms with van der Waals surface area (Å²) in [5.74, 6) is 0.969. The summed E-state index contributed by atoms with van der Waals surface area (Å²) in [5, 5.41) is 5.39. The van der Waals surface area contributed by atoms with Crippen LogP contribution in [0.5, 0.6) is 0 Å². The summed E-state index contributed by atoms with van der Waals surface area (Å²) in [6, 6.07) is 7.22. The molecule has 5 nitrogen and oxygen atoms in total. The second kappa shape index (κ2) is 6.48. The number of hydrogen-bond acceptors (Lipinski definition) is 3. The minimum Gasteiger partial charge on any atom is -0.348 e. The molecule has 0 aliphatic heterocycles. The first kappa shape index (κ1) is 15.0. The molecule has 1 aromatic carbocycles. The van der Waals surface area contributed by atoms with Crippen LogP contribution in [0.4, 0.5) is 5.69 Å². The van der Waals surface area contributed by atoms with Crippen LogP contribution in [-0.4, -0.2) is 18.4 Å².